The van der Waals surface area contributed by atoms with Gasteiger partial charge < -0.3 is 45.6 Å². The molecule has 10 atom stereocenters. The number of carboxylic acids is 1. The lowest BCUT2D eigenvalue weighted by Gasteiger charge is -2.30. The molecule has 2 aromatic carbocycles. The number of nitrogens with zero attached hydrogens (tertiary/aromatic N) is 6. The van der Waals surface area contributed by atoms with Crippen LogP contribution in [0.1, 0.15) is 179 Å². The van der Waals surface area contributed by atoms with E-state index < -0.39 is 127 Å². The number of hydrogen-bond acceptors (Lipinski definition) is 22. The molecule has 35 heteroatoms. The van der Waals surface area contributed by atoms with Crippen molar-refractivity contribution in [1.82, 2.24) is 55.4 Å². The largest absolute Gasteiger partial charge is 0.479 e. The van der Waals surface area contributed by atoms with E-state index in [4.69, 9.17) is 14.6 Å². The Bertz CT molecular complexity index is 5450. The summed E-state index contributed by atoms with van der Waals surface area (Å²) < 4.78 is 64.0. The lowest BCUT2D eigenvalue weighted by Crippen LogP contribution is -2.58. The number of carbonyl (C=O) groups is 8. The van der Waals surface area contributed by atoms with E-state index in [1.807, 2.05) is 97.7 Å². The van der Waals surface area contributed by atoms with Gasteiger partial charge in [0, 0.05) is 48.9 Å². The smallest absolute Gasteiger partial charge is 0.408 e. The Kier molecular flexibility index (Phi) is 30.6. The maximum absolute atomic E-state index is 14.8. The molecule has 8 aliphatic rings. The van der Waals surface area contributed by atoms with Crippen molar-refractivity contribution in [2.24, 2.45) is 17.0 Å². The zero-order chi connectivity index (χ0) is 85.0. The molecule has 8 aromatic rings. The summed E-state index contributed by atoms with van der Waals surface area (Å²) in [6.45, 7) is -0.113. The van der Waals surface area contributed by atoms with Crippen molar-refractivity contribution in [3.05, 3.63) is 197 Å². The third-order valence-electron chi connectivity index (χ3n) is 23.7. The van der Waals surface area contributed by atoms with E-state index in [-0.39, 0.29) is 88.6 Å². The summed E-state index contributed by atoms with van der Waals surface area (Å²) in [5.41, 5.74) is 2.85. The molecule has 16 rings (SSSR count). The van der Waals surface area contributed by atoms with Crippen LogP contribution in [0.3, 0.4) is 0 Å². The molecule has 2 unspecified atom stereocenters. The van der Waals surface area contributed by atoms with Gasteiger partial charge in [-0.05, 0) is 203 Å². The Morgan fingerprint density at radius 3 is 1.31 bits per heavy atom. The van der Waals surface area contributed by atoms with Crippen molar-refractivity contribution in [3.8, 4) is 44.5 Å². The number of carboxylic acid groups (broad SMARTS) is 1. The van der Waals surface area contributed by atoms with Crippen LogP contribution in [0.4, 0.5) is 9.59 Å². The number of aliphatic carboxylic acids is 1. The second-order valence-electron chi connectivity index (χ2n) is 32.2. The topological polar surface area (TPSA) is 406 Å². The molecule has 10 heterocycles. The fourth-order valence-corrected chi connectivity index (χ4v) is 21.6. The van der Waals surface area contributed by atoms with Crippen LogP contribution in [-0.4, -0.2) is 160 Å². The fourth-order valence-electron chi connectivity index (χ4n) is 17.2. The van der Waals surface area contributed by atoms with Gasteiger partial charge in [-0.15, -0.1) is 0 Å². The molecule has 29 nitrogen and oxygen atoms in total. The highest BCUT2D eigenvalue weighted by molar-refractivity contribution is 7.89. The zero-order valence-electron chi connectivity index (χ0n) is 66.5. The van der Waals surface area contributed by atoms with Gasteiger partial charge in [0.2, 0.25) is 43.7 Å². The lowest BCUT2D eigenvalue weighted by atomic mass is 10.0. The standard InChI is InChI=1S/C43H48N6O8S3.C36H41N5O7S2.C7H9NO2S.2CH4/c50-38-36-21-32(49-40(52)37(30-18-20-59-26-30)34(23-44-49)29-17-19-58-25-29)24-48(36)39(51)35(45-42(54)57-33-14-9-10-15-33)16-8-3-1-2-7-13-31-22-43(31,46-38)41(53)47-60(55,56)27-28-11-5-4-6-12-28;42-31-29-16-25(41-33(44)30(23-13-15-50-21-23)27(18-37-41)22-12-14-49-20-22)19-40(29)32(43)28(38-35(47)48-26-9-6-7-10-26)11-5-3-1-2-4-8-24-17-36(24,39-31)34(45)46;8-11(9,10)6-7-4-2-1-3-5-7;;/h4-7,11-13,17-20,23,25-26,31-33,35-36H,1-3,8-10,14-16,21-22,24,27H2,(H,45,54)(H,46,50)(H,47,53);4,8,12-15,18,20-21,24-26,28-29H,1-3,5-7,9-11,16-17,19H2,(H,38,47)(H,39,42)(H,45,46);1-5H,6H2,(H2,8,9,10);2*1H4/b13-7-;8-4-;;;/t31?,32-,35+,36+,43-;24?,25-,28+,29+,36-;;;/m11.../s1. The van der Waals surface area contributed by atoms with Gasteiger partial charge in [0.15, 0.2) is 0 Å². The number of hydrogen-bond donors (Lipinski definition) is 7. The summed E-state index contributed by atoms with van der Waals surface area (Å²) in [6.07, 6.45) is 22.9. The first-order valence-electron chi connectivity index (χ1n) is 41.1. The minimum absolute atomic E-state index is 0. The lowest BCUT2D eigenvalue weighted by molar-refractivity contribution is -0.145. The molecule has 0 bridgehead atoms. The molecule has 8 N–H and O–H groups in total. The van der Waals surface area contributed by atoms with Crippen LogP contribution >= 0.6 is 45.3 Å². The molecular formula is C88H106N12O17S6. The van der Waals surface area contributed by atoms with Gasteiger partial charge in [-0.2, -0.15) is 55.5 Å². The van der Waals surface area contributed by atoms with Crippen LogP contribution < -0.4 is 42.2 Å². The number of fused-ring (bicyclic) bond motifs is 4. The van der Waals surface area contributed by atoms with E-state index in [1.165, 1.54) is 64.5 Å². The van der Waals surface area contributed by atoms with E-state index in [0.29, 0.717) is 59.9 Å². The fraction of sp³-hybridized carbons (Fsp3) is 0.455. The predicted octanol–water partition coefficient (Wildman–Crippen LogP) is 13.0. The molecule has 2 saturated heterocycles. The van der Waals surface area contributed by atoms with Crippen LogP contribution in [0.5, 0.6) is 0 Å². The van der Waals surface area contributed by atoms with Gasteiger partial charge in [0.1, 0.15) is 47.5 Å². The average molecular weight is 1800 g/mol. The second kappa shape index (κ2) is 41.0. The number of primary sulfonamides is 1. The second-order valence-corrected chi connectivity index (χ2v) is 38.6. The molecule has 123 heavy (non-hydrogen) atoms. The number of allylic oxidation sites excluding steroid dienone is 2. The first kappa shape index (κ1) is 91.9. The summed E-state index contributed by atoms with van der Waals surface area (Å²) in [4.78, 5) is 142. The molecule has 0 spiro atoms. The maximum atomic E-state index is 14.8. The summed E-state index contributed by atoms with van der Waals surface area (Å²) in [7, 11) is -7.54. The Labute approximate surface area is 731 Å². The van der Waals surface area contributed by atoms with Crippen LogP contribution in [-0.2, 0) is 69.8 Å². The number of thiophene rings is 4. The van der Waals surface area contributed by atoms with Crippen molar-refractivity contribution in [2.75, 3.05) is 13.1 Å². The van der Waals surface area contributed by atoms with Gasteiger partial charge in [0.05, 0.1) is 47.1 Å². The molecule has 6 fully saturated rings. The third-order valence-corrected chi connectivity index (χ3v) is 28.4. The van der Waals surface area contributed by atoms with Crippen molar-refractivity contribution < 1.29 is 69.8 Å². The van der Waals surface area contributed by atoms with Gasteiger partial charge in [0.25, 0.3) is 17.0 Å². The summed E-state index contributed by atoms with van der Waals surface area (Å²) >= 11 is 5.94. The molecule has 4 saturated carbocycles. The third kappa shape index (κ3) is 22.4. The number of sulfonamides is 2. The number of amides is 7. The number of benzene rings is 2. The summed E-state index contributed by atoms with van der Waals surface area (Å²) in [6, 6.07) is 19.2. The van der Waals surface area contributed by atoms with Crippen molar-refractivity contribution in [2.45, 2.75) is 227 Å². The van der Waals surface area contributed by atoms with Gasteiger partial charge in [-0.25, -0.2) is 45.7 Å². The minimum atomic E-state index is -4.16. The van der Waals surface area contributed by atoms with E-state index in [1.54, 1.807) is 67.0 Å². The number of ether oxygens (including phenoxy) is 2. The first-order valence-corrected chi connectivity index (χ1v) is 48.2. The quantitative estimate of drug-likeness (QED) is 0.0416. The molecule has 656 valence electrons. The van der Waals surface area contributed by atoms with Crippen molar-refractivity contribution in [3.63, 3.8) is 0 Å². The van der Waals surface area contributed by atoms with Crippen LogP contribution in [0, 0.1) is 11.8 Å². The van der Waals surface area contributed by atoms with E-state index in [2.05, 4.69) is 36.2 Å². The number of nitrogens with two attached hydrogens (primary N) is 1. The highest BCUT2D eigenvalue weighted by Gasteiger charge is 2.63. The number of nitrogens with one attached hydrogen (secondary N) is 5. The van der Waals surface area contributed by atoms with Gasteiger partial charge in [-0.3, -0.25) is 38.3 Å². The van der Waals surface area contributed by atoms with Crippen LogP contribution in [0.25, 0.3) is 44.5 Å². The van der Waals surface area contributed by atoms with Crippen LogP contribution in [0.2, 0.25) is 0 Å². The Hall–Kier alpha value is -10.3. The minimum Gasteiger partial charge on any atom is -0.479 e. The van der Waals surface area contributed by atoms with Crippen LogP contribution in [0.15, 0.2) is 174 Å². The SMILES string of the molecule is C.C.NS(=O)(=O)Cc1ccccc1.O=C(N[C@H]1CCCCC/C=C\C2C[C@@]2(C(=O)NS(=O)(=O)Cc2ccccc2)NC(=O)[C@@H]2C[C@@H](n3ncc(-c4ccsc4)c(-c4ccsc4)c3=O)CN2C1=O)OC1CCCC1.O=C(N[C@H]1CCCCC/C=C\C2C[C@@]2(C(=O)O)NC(=O)[C@@H]2C[C@@H](n3ncc(-c4ccsc4)c(-c4ccsc4)c3=O)CN2C1=O)OC1CCCC1. The zero-order valence-corrected chi connectivity index (χ0v) is 71.4. The molecule has 6 aromatic heterocycles. The van der Waals surface area contributed by atoms with E-state index in [0.717, 1.165) is 111 Å². The van der Waals surface area contributed by atoms with E-state index >= 15 is 0 Å². The molecular weight excluding hydrogens is 1690 g/mol. The average Bonchev–Trinajstić information content (AvgIpc) is 1.59. The van der Waals surface area contributed by atoms with Crippen molar-refractivity contribution >= 4 is 113 Å². The summed E-state index contributed by atoms with van der Waals surface area (Å²) in [5, 5.41) is 50.9. The number of rotatable bonds is 17. The van der Waals surface area contributed by atoms with Crippen molar-refractivity contribution in [1.29, 1.82) is 0 Å². The van der Waals surface area contributed by atoms with Gasteiger partial charge >= 0.3 is 18.2 Å². The first-order chi connectivity index (χ1) is 58.3. The van der Waals surface area contributed by atoms with E-state index in [9.17, 15) is 69.9 Å². The Morgan fingerprint density at radius 2 is 0.902 bits per heavy atom. The molecule has 4 aliphatic carbocycles. The maximum Gasteiger partial charge on any atom is 0.408 e. The molecule has 4 aliphatic heterocycles. The van der Waals surface area contributed by atoms with Gasteiger partial charge in [-0.1, -0.05) is 126 Å². The number of aromatic nitrogens is 4. The monoisotopic (exact) mass is 1790 g/mol. The Morgan fingerprint density at radius 1 is 0.512 bits per heavy atom. The Balaban J connectivity index is 0.000000199. The number of alkyl carbamates (subject to hydrolysis) is 2. The highest BCUT2D eigenvalue weighted by atomic mass is 32.2. The highest BCUT2D eigenvalue weighted by Crippen LogP contribution is 2.48. The number of carbonyl (C=O) groups excluding carboxylic acids is 7. The molecule has 7 amide bonds. The predicted molar refractivity (Wildman–Crippen MR) is 474 cm³/mol. The summed E-state index contributed by atoms with van der Waals surface area (Å²) in [5.74, 6) is -5.67. The normalized spacial score (nSPS) is 24.9. The molecule has 0 radical (unpaired) electrons.